The van der Waals surface area contributed by atoms with Crippen molar-refractivity contribution in [3.63, 3.8) is 0 Å². The number of halogens is 8. The van der Waals surface area contributed by atoms with E-state index in [0.29, 0.717) is 11.4 Å². The van der Waals surface area contributed by atoms with Crippen LogP contribution >= 0.6 is 0 Å². The minimum atomic E-state index is -6.43. The van der Waals surface area contributed by atoms with E-state index in [1.165, 1.54) is 50.7 Å². The third-order valence-electron chi connectivity index (χ3n) is 6.36. The molecule has 0 amide bonds. The zero-order valence-corrected chi connectivity index (χ0v) is 22.7. The maximum Gasteiger partial charge on any atom is 0.381 e. The molecule has 0 unspecified atom stereocenters. The van der Waals surface area contributed by atoms with Crippen molar-refractivity contribution in [3.05, 3.63) is 42.2 Å². The van der Waals surface area contributed by atoms with Gasteiger partial charge in [-0.3, -0.25) is 0 Å². The van der Waals surface area contributed by atoms with Gasteiger partial charge in [0.25, 0.3) is 0 Å². The Bertz CT molecular complexity index is 1000. The molecule has 226 valence electrons. The van der Waals surface area contributed by atoms with Crippen molar-refractivity contribution in [1.29, 1.82) is 0 Å². The summed E-state index contributed by atoms with van der Waals surface area (Å²) in [6, 6.07) is 4.99. The highest BCUT2D eigenvalue weighted by Crippen LogP contribution is 2.52. The Hall–Kier alpha value is -2.50. The molecule has 1 aromatic carbocycles. The summed E-state index contributed by atoms with van der Waals surface area (Å²) in [5.41, 5.74) is 1.42. The topological polar surface area (TPSA) is 44.2 Å². The Labute approximate surface area is 229 Å². The van der Waals surface area contributed by atoms with E-state index < -0.39 is 43.5 Å². The predicted octanol–water partition coefficient (Wildman–Crippen LogP) is 8.78. The van der Waals surface area contributed by atoms with E-state index in [9.17, 15) is 35.1 Å². The number of benzene rings is 1. The van der Waals surface area contributed by atoms with Gasteiger partial charge in [0.05, 0.1) is 0 Å². The fourth-order valence-corrected chi connectivity index (χ4v) is 3.84. The Kier molecular flexibility index (Phi) is 12.6. The molecule has 0 aliphatic rings. The SMILES string of the molecule is CCCCCCCCCCc1cnc(-c2ccc(OCC(F)(F)C(F)(F)C(F)(F)C(F)(F)COCC)cc2)nc1. The highest BCUT2D eigenvalue weighted by Gasteiger charge is 2.80. The van der Waals surface area contributed by atoms with Gasteiger partial charge in [-0.25, -0.2) is 9.97 Å². The van der Waals surface area contributed by atoms with Crippen LogP contribution in [-0.2, 0) is 11.2 Å². The van der Waals surface area contributed by atoms with Crippen molar-refractivity contribution in [3.8, 4) is 17.1 Å². The maximum absolute atomic E-state index is 14.1. The van der Waals surface area contributed by atoms with Gasteiger partial charge in [0.15, 0.2) is 12.4 Å². The third-order valence-corrected chi connectivity index (χ3v) is 6.36. The first-order valence-electron chi connectivity index (χ1n) is 13.4. The zero-order valence-electron chi connectivity index (χ0n) is 22.7. The fraction of sp³-hybridized carbons (Fsp3) is 0.643. The molecule has 0 saturated heterocycles. The van der Waals surface area contributed by atoms with Gasteiger partial charge in [-0.2, -0.15) is 35.1 Å². The lowest BCUT2D eigenvalue weighted by Crippen LogP contribution is -2.64. The van der Waals surface area contributed by atoms with Gasteiger partial charge in [0, 0.05) is 24.6 Å². The van der Waals surface area contributed by atoms with E-state index in [1.54, 1.807) is 12.4 Å². The van der Waals surface area contributed by atoms with Gasteiger partial charge in [-0.1, -0.05) is 51.9 Å². The molecule has 12 heteroatoms. The summed E-state index contributed by atoms with van der Waals surface area (Å²) in [5, 5.41) is 0. The van der Waals surface area contributed by atoms with Crippen LogP contribution in [0.1, 0.15) is 70.8 Å². The van der Waals surface area contributed by atoms with Gasteiger partial charge in [-0.05, 0) is 49.6 Å². The first-order chi connectivity index (χ1) is 18.8. The number of aryl methyl sites for hydroxylation is 1. The highest BCUT2D eigenvalue weighted by molar-refractivity contribution is 5.55. The Morgan fingerprint density at radius 1 is 0.650 bits per heavy atom. The average Bonchev–Trinajstić information content (AvgIpc) is 2.92. The molecule has 1 aromatic heterocycles. The van der Waals surface area contributed by atoms with Crippen molar-refractivity contribution in [1.82, 2.24) is 9.97 Å². The molecule has 2 aromatic rings. The van der Waals surface area contributed by atoms with Crippen LogP contribution in [0.4, 0.5) is 35.1 Å². The van der Waals surface area contributed by atoms with Crippen LogP contribution in [0, 0.1) is 0 Å². The molecule has 0 fully saturated rings. The van der Waals surface area contributed by atoms with Crippen molar-refractivity contribution >= 4 is 0 Å². The number of hydrogen-bond acceptors (Lipinski definition) is 4. The van der Waals surface area contributed by atoms with Crippen LogP contribution in [0.2, 0.25) is 0 Å². The van der Waals surface area contributed by atoms with Crippen LogP contribution in [0.5, 0.6) is 5.75 Å². The quantitative estimate of drug-likeness (QED) is 0.122. The molecule has 2 rings (SSSR count). The first kappa shape index (κ1) is 33.7. The summed E-state index contributed by atoms with van der Waals surface area (Å²) in [4.78, 5) is 8.56. The van der Waals surface area contributed by atoms with Gasteiger partial charge in [0.1, 0.15) is 12.4 Å². The van der Waals surface area contributed by atoms with E-state index in [0.717, 1.165) is 43.9 Å². The standard InChI is InChI=1S/C28H36F8N2O2/c1-3-5-6-7-8-9-10-11-12-21-17-37-24(38-18-21)22-13-15-23(16-14-22)40-20-26(31,32)28(35,36)27(33,34)25(29,30)19-39-4-2/h13-18H,3-12,19-20H2,1-2H3. The molecule has 0 spiro atoms. The van der Waals surface area contributed by atoms with Gasteiger partial charge < -0.3 is 9.47 Å². The van der Waals surface area contributed by atoms with Crippen molar-refractivity contribution < 1.29 is 44.6 Å². The number of nitrogens with zero attached hydrogens (tertiary/aromatic N) is 2. The predicted molar refractivity (Wildman–Crippen MR) is 136 cm³/mol. The Balaban J connectivity index is 1.91. The molecule has 0 bridgehead atoms. The molecule has 0 N–H and O–H groups in total. The summed E-state index contributed by atoms with van der Waals surface area (Å²) < 4.78 is 120. The fourth-order valence-electron chi connectivity index (χ4n) is 3.84. The highest BCUT2D eigenvalue weighted by atomic mass is 19.4. The van der Waals surface area contributed by atoms with Gasteiger partial charge in [-0.15, -0.1) is 0 Å². The molecule has 40 heavy (non-hydrogen) atoms. The second kappa shape index (κ2) is 14.9. The number of hydrogen-bond donors (Lipinski definition) is 0. The van der Waals surface area contributed by atoms with E-state index in [-0.39, 0.29) is 5.75 Å². The van der Waals surface area contributed by atoms with Crippen LogP contribution < -0.4 is 4.74 Å². The third kappa shape index (κ3) is 8.75. The largest absolute Gasteiger partial charge is 0.487 e. The van der Waals surface area contributed by atoms with Crippen molar-refractivity contribution in [2.45, 2.75) is 95.3 Å². The first-order valence-corrected chi connectivity index (χ1v) is 13.4. The lowest BCUT2D eigenvalue weighted by atomic mass is 9.99. The maximum atomic E-state index is 14.1. The lowest BCUT2D eigenvalue weighted by molar-refractivity contribution is -0.374. The van der Waals surface area contributed by atoms with Crippen LogP contribution in [0.15, 0.2) is 36.7 Å². The molecule has 1 heterocycles. The number of unbranched alkanes of at least 4 members (excludes halogenated alkanes) is 7. The minimum absolute atomic E-state index is 0.319. The molecular formula is C28H36F8N2O2. The van der Waals surface area contributed by atoms with E-state index in [4.69, 9.17) is 0 Å². The number of alkyl halides is 8. The zero-order chi connectivity index (χ0) is 29.9. The molecule has 0 saturated carbocycles. The Morgan fingerprint density at radius 3 is 1.68 bits per heavy atom. The molecule has 0 aliphatic heterocycles. The number of aromatic nitrogens is 2. The average molecular weight is 585 g/mol. The van der Waals surface area contributed by atoms with Crippen LogP contribution in [0.25, 0.3) is 11.4 Å². The molecule has 0 radical (unpaired) electrons. The van der Waals surface area contributed by atoms with Crippen molar-refractivity contribution in [2.75, 3.05) is 19.8 Å². The molecule has 0 atom stereocenters. The molecular weight excluding hydrogens is 548 g/mol. The van der Waals surface area contributed by atoms with Gasteiger partial charge >= 0.3 is 23.7 Å². The summed E-state index contributed by atoms with van der Waals surface area (Å²) in [6.07, 6.45) is 13.8. The smallest absolute Gasteiger partial charge is 0.381 e. The summed E-state index contributed by atoms with van der Waals surface area (Å²) in [5.74, 6) is -24.0. The van der Waals surface area contributed by atoms with E-state index in [2.05, 4.69) is 26.4 Å². The summed E-state index contributed by atoms with van der Waals surface area (Å²) in [7, 11) is 0. The van der Waals surface area contributed by atoms with Crippen LogP contribution in [-0.4, -0.2) is 53.5 Å². The number of ether oxygens (including phenoxy) is 2. The van der Waals surface area contributed by atoms with Gasteiger partial charge in [0.2, 0.25) is 0 Å². The monoisotopic (exact) mass is 584 g/mol. The molecule has 4 nitrogen and oxygen atoms in total. The van der Waals surface area contributed by atoms with Crippen LogP contribution in [0.3, 0.4) is 0 Å². The second-order valence-electron chi connectivity index (χ2n) is 9.65. The summed E-state index contributed by atoms with van der Waals surface area (Å²) >= 11 is 0. The van der Waals surface area contributed by atoms with E-state index in [1.807, 2.05) is 0 Å². The van der Waals surface area contributed by atoms with E-state index >= 15 is 0 Å². The normalized spacial score (nSPS) is 13.1. The minimum Gasteiger partial charge on any atom is -0.487 e. The molecule has 0 aliphatic carbocycles. The van der Waals surface area contributed by atoms with Crippen molar-refractivity contribution in [2.24, 2.45) is 0 Å². The number of rotatable bonds is 19. The lowest BCUT2D eigenvalue weighted by Gasteiger charge is -2.36. The Morgan fingerprint density at radius 2 is 1.15 bits per heavy atom. The second-order valence-corrected chi connectivity index (χ2v) is 9.65. The summed E-state index contributed by atoms with van der Waals surface area (Å²) in [6.45, 7) is -1.57.